The summed E-state index contributed by atoms with van der Waals surface area (Å²) < 4.78 is 42.8. The number of imidazole rings is 1. The number of pyridine rings is 1. The lowest BCUT2D eigenvalue weighted by molar-refractivity contribution is 0.553. The van der Waals surface area contributed by atoms with E-state index in [4.69, 9.17) is 0 Å². The van der Waals surface area contributed by atoms with Crippen molar-refractivity contribution in [2.45, 2.75) is 30.3 Å². The number of aromatic nitrogens is 3. The van der Waals surface area contributed by atoms with Crippen molar-refractivity contribution in [3.05, 3.63) is 54.2 Å². The van der Waals surface area contributed by atoms with Crippen molar-refractivity contribution in [2.24, 2.45) is 0 Å². The van der Waals surface area contributed by atoms with E-state index in [1.165, 1.54) is 18.2 Å². The third-order valence-corrected chi connectivity index (χ3v) is 5.41. The highest BCUT2D eigenvalue weighted by Crippen LogP contribution is 2.38. The number of hydrogen-bond donors (Lipinski definition) is 1. The number of hydrogen-bond acceptors (Lipinski definition) is 4. The van der Waals surface area contributed by atoms with Crippen molar-refractivity contribution in [1.82, 2.24) is 19.3 Å². The number of sulfonamides is 1. The van der Waals surface area contributed by atoms with Gasteiger partial charge in [-0.2, -0.15) is 0 Å². The number of rotatable bonds is 5. The summed E-state index contributed by atoms with van der Waals surface area (Å²) in [4.78, 5) is 8.45. The Hall–Kier alpha value is -2.32. The first-order valence-corrected chi connectivity index (χ1v) is 9.10. The van der Waals surface area contributed by atoms with Crippen molar-refractivity contribution in [3.63, 3.8) is 0 Å². The summed E-state index contributed by atoms with van der Waals surface area (Å²) in [6.45, 7) is -0.0104. The average Bonchev–Trinajstić information content (AvgIpc) is 3.33. The van der Waals surface area contributed by atoms with Crippen LogP contribution in [0, 0.1) is 5.82 Å². The molecule has 1 saturated carbocycles. The Labute approximate surface area is 138 Å². The van der Waals surface area contributed by atoms with Gasteiger partial charge in [0.25, 0.3) is 0 Å². The molecule has 1 fully saturated rings. The Balaban J connectivity index is 1.66. The molecule has 1 aromatic carbocycles. The van der Waals surface area contributed by atoms with Gasteiger partial charge in [-0.3, -0.25) is 0 Å². The van der Waals surface area contributed by atoms with E-state index in [0.717, 1.165) is 30.1 Å². The van der Waals surface area contributed by atoms with Crippen LogP contribution in [0.15, 0.2) is 47.5 Å². The van der Waals surface area contributed by atoms with Crippen molar-refractivity contribution < 1.29 is 12.8 Å². The van der Waals surface area contributed by atoms with Crippen LogP contribution in [-0.2, 0) is 16.6 Å². The second kappa shape index (κ2) is 5.64. The minimum atomic E-state index is -3.95. The van der Waals surface area contributed by atoms with Gasteiger partial charge in [-0.05, 0) is 37.1 Å². The largest absolute Gasteiger partial charge is 0.308 e. The summed E-state index contributed by atoms with van der Waals surface area (Å²) in [7, 11) is -3.95. The van der Waals surface area contributed by atoms with Gasteiger partial charge in [-0.1, -0.05) is 12.1 Å². The molecule has 1 aliphatic rings. The van der Waals surface area contributed by atoms with E-state index in [-0.39, 0.29) is 11.4 Å². The Kier molecular flexibility index (Phi) is 3.58. The molecule has 124 valence electrons. The summed E-state index contributed by atoms with van der Waals surface area (Å²) in [5.41, 5.74) is 1.48. The minimum Gasteiger partial charge on any atom is -0.308 e. The third-order valence-electron chi connectivity index (χ3n) is 3.98. The number of nitrogens with zero attached hydrogens (tertiary/aromatic N) is 3. The quantitative estimate of drug-likeness (QED) is 0.769. The number of fused-ring (bicyclic) bond motifs is 1. The lowest BCUT2D eigenvalue weighted by atomic mass is 10.4. The molecule has 2 heterocycles. The van der Waals surface area contributed by atoms with Gasteiger partial charge in [0, 0.05) is 12.2 Å². The summed E-state index contributed by atoms with van der Waals surface area (Å²) in [5, 5.41) is 0. The fourth-order valence-electron chi connectivity index (χ4n) is 2.72. The van der Waals surface area contributed by atoms with Crippen molar-refractivity contribution in [3.8, 4) is 0 Å². The van der Waals surface area contributed by atoms with E-state index in [2.05, 4.69) is 14.7 Å². The lowest BCUT2D eigenvalue weighted by Crippen LogP contribution is -2.25. The van der Waals surface area contributed by atoms with E-state index < -0.39 is 15.8 Å². The zero-order chi connectivity index (χ0) is 16.7. The van der Waals surface area contributed by atoms with Gasteiger partial charge in [0.2, 0.25) is 10.0 Å². The predicted octanol–water partition coefficient (Wildman–Crippen LogP) is 2.38. The molecule has 8 heteroatoms. The SMILES string of the molecule is O=S(=O)(NCc1nc2cccnc2n1C1CC1)c1ccccc1F. The molecule has 0 saturated heterocycles. The van der Waals surface area contributed by atoms with E-state index in [1.807, 2.05) is 10.6 Å². The van der Waals surface area contributed by atoms with Gasteiger partial charge in [-0.15, -0.1) is 0 Å². The molecule has 6 nitrogen and oxygen atoms in total. The van der Waals surface area contributed by atoms with E-state index in [1.54, 1.807) is 12.3 Å². The molecule has 1 aliphatic carbocycles. The van der Waals surface area contributed by atoms with Gasteiger partial charge < -0.3 is 4.57 Å². The van der Waals surface area contributed by atoms with Gasteiger partial charge in [0.05, 0.1) is 6.54 Å². The molecule has 0 amide bonds. The normalized spacial score (nSPS) is 15.0. The van der Waals surface area contributed by atoms with Crippen LogP contribution in [0.4, 0.5) is 4.39 Å². The molecule has 0 aliphatic heterocycles. The van der Waals surface area contributed by atoms with E-state index >= 15 is 0 Å². The number of halogens is 1. The van der Waals surface area contributed by atoms with Crippen molar-refractivity contribution in [2.75, 3.05) is 0 Å². The zero-order valence-corrected chi connectivity index (χ0v) is 13.5. The van der Waals surface area contributed by atoms with Gasteiger partial charge in [-0.25, -0.2) is 27.5 Å². The maximum absolute atomic E-state index is 13.7. The average molecular weight is 346 g/mol. The first-order valence-electron chi connectivity index (χ1n) is 7.62. The molecule has 0 radical (unpaired) electrons. The molecule has 0 unspecified atom stereocenters. The Morgan fingerprint density at radius 2 is 2.00 bits per heavy atom. The lowest BCUT2D eigenvalue weighted by Gasteiger charge is -2.09. The van der Waals surface area contributed by atoms with Crippen LogP contribution >= 0.6 is 0 Å². The molecular formula is C16H15FN4O2S. The second-order valence-electron chi connectivity index (χ2n) is 5.73. The van der Waals surface area contributed by atoms with Crippen molar-refractivity contribution in [1.29, 1.82) is 0 Å². The first kappa shape index (κ1) is 15.2. The molecule has 0 atom stereocenters. The maximum Gasteiger partial charge on any atom is 0.243 e. The highest BCUT2D eigenvalue weighted by Gasteiger charge is 2.29. The second-order valence-corrected chi connectivity index (χ2v) is 7.47. The van der Waals surface area contributed by atoms with E-state index in [0.29, 0.717) is 11.9 Å². The molecule has 4 rings (SSSR count). The van der Waals surface area contributed by atoms with Gasteiger partial charge >= 0.3 is 0 Å². The third kappa shape index (κ3) is 2.67. The van der Waals surface area contributed by atoms with Crippen LogP contribution in [0.3, 0.4) is 0 Å². The number of nitrogens with one attached hydrogen (secondary N) is 1. The molecule has 24 heavy (non-hydrogen) atoms. The Bertz CT molecular complexity index is 1010. The zero-order valence-electron chi connectivity index (χ0n) is 12.7. The van der Waals surface area contributed by atoms with Gasteiger partial charge in [0.1, 0.15) is 22.1 Å². The predicted molar refractivity (Wildman–Crippen MR) is 86.2 cm³/mol. The molecule has 0 bridgehead atoms. The smallest absolute Gasteiger partial charge is 0.243 e. The summed E-state index contributed by atoms with van der Waals surface area (Å²) in [6, 6.07) is 9.24. The highest BCUT2D eigenvalue weighted by molar-refractivity contribution is 7.89. The van der Waals surface area contributed by atoms with Crippen LogP contribution in [0.2, 0.25) is 0 Å². The highest BCUT2D eigenvalue weighted by atomic mass is 32.2. The summed E-state index contributed by atoms with van der Waals surface area (Å²) in [6.07, 6.45) is 3.74. The van der Waals surface area contributed by atoms with Crippen molar-refractivity contribution >= 4 is 21.2 Å². The first-order chi connectivity index (χ1) is 11.6. The molecule has 0 spiro atoms. The van der Waals surface area contributed by atoms with Crippen LogP contribution < -0.4 is 4.72 Å². The minimum absolute atomic E-state index is 0.0104. The Morgan fingerprint density at radius 1 is 1.21 bits per heavy atom. The monoisotopic (exact) mass is 346 g/mol. The molecule has 1 N–H and O–H groups in total. The van der Waals surface area contributed by atoms with Crippen LogP contribution in [0.25, 0.3) is 11.2 Å². The summed E-state index contributed by atoms with van der Waals surface area (Å²) >= 11 is 0. The van der Waals surface area contributed by atoms with Crippen LogP contribution in [0.1, 0.15) is 24.7 Å². The fraction of sp³-hybridized carbons (Fsp3) is 0.250. The molecule has 3 aromatic rings. The maximum atomic E-state index is 13.7. The van der Waals surface area contributed by atoms with Crippen LogP contribution in [0.5, 0.6) is 0 Å². The topological polar surface area (TPSA) is 76.9 Å². The summed E-state index contributed by atoms with van der Waals surface area (Å²) in [5.74, 6) is -0.187. The van der Waals surface area contributed by atoms with Gasteiger partial charge in [0.15, 0.2) is 5.65 Å². The van der Waals surface area contributed by atoms with Crippen LogP contribution in [-0.4, -0.2) is 23.0 Å². The number of benzene rings is 1. The Morgan fingerprint density at radius 3 is 2.75 bits per heavy atom. The fourth-order valence-corrected chi connectivity index (χ4v) is 3.77. The molecular weight excluding hydrogens is 331 g/mol. The molecule has 2 aromatic heterocycles. The standard InChI is InChI=1S/C16H15FN4O2S/c17-12-4-1-2-6-14(12)24(22,23)19-10-15-20-13-5-3-9-18-16(13)21(15)11-7-8-11/h1-6,9,11,19H,7-8,10H2. The van der Waals surface area contributed by atoms with E-state index in [9.17, 15) is 12.8 Å².